The highest BCUT2D eigenvalue weighted by Crippen LogP contribution is 2.36. The first kappa shape index (κ1) is 22.0. The summed E-state index contributed by atoms with van der Waals surface area (Å²) in [6.45, 7) is 5.81. The molecule has 3 heterocycles. The third kappa shape index (κ3) is 4.28. The van der Waals surface area contributed by atoms with Gasteiger partial charge in [0.05, 0.1) is 9.80 Å². The van der Waals surface area contributed by atoms with Gasteiger partial charge in [-0.3, -0.25) is 9.69 Å². The molecule has 2 aliphatic rings. The molecule has 10 heteroatoms. The maximum atomic E-state index is 13.4. The monoisotopic (exact) mass is 477 g/mol. The van der Waals surface area contributed by atoms with Crippen LogP contribution in [0.2, 0.25) is 0 Å². The van der Waals surface area contributed by atoms with Crippen LogP contribution < -0.4 is 4.90 Å². The molecule has 1 aromatic heterocycles. The van der Waals surface area contributed by atoms with Crippen molar-refractivity contribution in [2.75, 3.05) is 24.5 Å². The number of hydrogen-bond acceptors (Lipinski definition) is 8. The Kier molecular flexibility index (Phi) is 6.23. The van der Waals surface area contributed by atoms with Crippen molar-refractivity contribution in [3.63, 3.8) is 0 Å². The van der Waals surface area contributed by atoms with E-state index in [0.29, 0.717) is 28.9 Å². The van der Waals surface area contributed by atoms with Crippen LogP contribution in [0.5, 0.6) is 0 Å². The van der Waals surface area contributed by atoms with E-state index in [1.165, 1.54) is 17.8 Å². The van der Waals surface area contributed by atoms with Crippen molar-refractivity contribution in [3.05, 3.63) is 40.6 Å². The average molecular weight is 478 g/mol. The predicted octanol–water partition coefficient (Wildman–Crippen LogP) is 4.03. The molecule has 2 saturated heterocycles. The van der Waals surface area contributed by atoms with E-state index in [4.69, 9.17) is 16.6 Å². The summed E-state index contributed by atoms with van der Waals surface area (Å²) >= 11 is 6.48. The molecule has 0 spiro atoms. The number of carbonyl (C=O) groups excluding carboxylic acids is 1. The normalized spacial score (nSPS) is 18.6. The second-order valence-electron chi connectivity index (χ2n) is 7.51. The summed E-state index contributed by atoms with van der Waals surface area (Å²) in [6.07, 6.45) is 4.19. The molecule has 31 heavy (non-hydrogen) atoms. The number of rotatable bonds is 6. The van der Waals surface area contributed by atoms with Crippen molar-refractivity contribution in [2.24, 2.45) is 0 Å². The van der Waals surface area contributed by atoms with Crippen LogP contribution in [0.3, 0.4) is 0 Å². The summed E-state index contributed by atoms with van der Waals surface area (Å²) in [6, 6.07) is 6.65. The third-order valence-corrected chi connectivity index (χ3v) is 8.20. The van der Waals surface area contributed by atoms with Gasteiger partial charge in [-0.2, -0.15) is 4.98 Å². The van der Waals surface area contributed by atoms with Crippen LogP contribution in [0, 0.1) is 6.92 Å². The number of benzene rings is 1. The molecule has 2 aromatic rings. The summed E-state index contributed by atoms with van der Waals surface area (Å²) in [4.78, 5) is 21.0. The Balaban J connectivity index is 1.76. The zero-order valence-electron chi connectivity index (χ0n) is 17.3. The summed E-state index contributed by atoms with van der Waals surface area (Å²) in [5, 5.41) is -0.117. The number of hydrogen-bond donors (Lipinski definition) is 0. The van der Waals surface area contributed by atoms with Gasteiger partial charge in [-0.1, -0.05) is 48.6 Å². The lowest BCUT2D eigenvalue weighted by atomic mass is 10.2. The number of thioether (sulfide) groups is 1. The highest BCUT2D eigenvalue weighted by molar-refractivity contribution is 8.26. The van der Waals surface area contributed by atoms with Gasteiger partial charge in [0.1, 0.15) is 4.32 Å². The fraction of sp³-hybridized carbons (Fsp3) is 0.381. The zero-order valence-corrected chi connectivity index (χ0v) is 19.8. The first-order valence-corrected chi connectivity index (χ1v) is 12.8. The Morgan fingerprint density at radius 3 is 2.55 bits per heavy atom. The molecular weight excluding hydrogens is 454 g/mol. The van der Waals surface area contributed by atoms with E-state index >= 15 is 0 Å². The molecule has 2 aliphatic heterocycles. The Hall–Kier alpha value is -2.17. The molecular formula is C21H23N3O4S3. The predicted molar refractivity (Wildman–Crippen MR) is 125 cm³/mol. The lowest BCUT2D eigenvalue weighted by molar-refractivity contribution is -0.122. The van der Waals surface area contributed by atoms with Gasteiger partial charge in [0.25, 0.3) is 5.91 Å². The van der Waals surface area contributed by atoms with E-state index in [9.17, 15) is 13.2 Å². The van der Waals surface area contributed by atoms with E-state index in [-0.39, 0.29) is 27.6 Å². The Bertz CT molecular complexity index is 1150. The minimum Gasteiger partial charge on any atom is -0.420 e. The van der Waals surface area contributed by atoms with Gasteiger partial charge in [0.15, 0.2) is 0 Å². The molecule has 0 radical (unpaired) electrons. The molecule has 0 atom stereocenters. The molecule has 0 N–H and O–H groups in total. The van der Waals surface area contributed by atoms with Crippen molar-refractivity contribution in [3.8, 4) is 0 Å². The van der Waals surface area contributed by atoms with E-state index in [2.05, 4.69) is 4.98 Å². The van der Waals surface area contributed by atoms with Gasteiger partial charge < -0.3 is 9.32 Å². The molecule has 0 saturated carbocycles. The molecule has 0 bridgehead atoms. The molecule has 4 rings (SSSR count). The number of aromatic nitrogens is 1. The number of thiocarbonyl (C=S) groups is 1. The van der Waals surface area contributed by atoms with Crippen molar-refractivity contribution >= 4 is 56.0 Å². The minimum atomic E-state index is -3.88. The second kappa shape index (κ2) is 8.76. The fourth-order valence-corrected chi connectivity index (χ4v) is 6.13. The van der Waals surface area contributed by atoms with E-state index < -0.39 is 9.84 Å². The summed E-state index contributed by atoms with van der Waals surface area (Å²) in [7, 11) is -3.88. The largest absolute Gasteiger partial charge is 0.420 e. The van der Waals surface area contributed by atoms with Crippen LogP contribution in [0.4, 0.5) is 5.88 Å². The van der Waals surface area contributed by atoms with E-state index in [1.54, 1.807) is 29.2 Å². The van der Waals surface area contributed by atoms with Gasteiger partial charge in [0.2, 0.25) is 26.6 Å². The van der Waals surface area contributed by atoms with Crippen molar-refractivity contribution in [1.29, 1.82) is 0 Å². The van der Waals surface area contributed by atoms with Gasteiger partial charge in [0, 0.05) is 25.7 Å². The average Bonchev–Trinajstić information content (AvgIpc) is 3.45. The number of nitrogens with zero attached hydrogens (tertiary/aromatic N) is 3. The minimum absolute atomic E-state index is 0.0876. The Morgan fingerprint density at radius 1 is 1.23 bits per heavy atom. The Morgan fingerprint density at radius 2 is 1.90 bits per heavy atom. The molecule has 0 aliphatic carbocycles. The lowest BCUT2D eigenvalue weighted by Crippen LogP contribution is -2.28. The number of aryl methyl sites for hydroxylation is 1. The molecule has 1 amide bonds. The van der Waals surface area contributed by atoms with Crippen LogP contribution in [0.25, 0.3) is 6.08 Å². The van der Waals surface area contributed by atoms with Gasteiger partial charge in [-0.15, -0.1) is 0 Å². The second-order valence-corrected chi connectivity index (χ2v) is 11.0. The summed E-state index contributed by atoms with van der Waals surface area (Å²) < 4.78 is 33.1. The number of anilines is 1. The first-order valence-electron chi connectivity index (χ1n) is 10.1. The van der Waals surface area contributed by atoms with Crippen LogP contribution in [0.1, 0.15) is 37.6 Å². The zero-order chi connectivity index (χ0) is 22.2. The summed E-state index contributed by atoms with van der Waals surface area (Å²) in [5.74, 6) is 0.110. The van der Waals surface area contributed by atoms with Gasteiger partial charge in [-0.05, 0) is 38.3 Å². The fourth-order valence-electron chi connectivity index (χ4n) is 3.53. The van der Waals surface area contributed by atoms with Crippen molar-refractivity contribution in [1.82, 2.24) is 9.88 Å². The molecule has 7 nitrogen and oxygen atoms in total. The maximum absolute atomic E-state index is 13.4. The first-order chi connectivity index (χ1) is 14.8. The molecule has 2 fully saturated rings. The van der Waals surface area contributed by atoms with Crippen LogP contribution in [-0.4, -0.2) is 48.2 Å². The topological polar surface area (TPSA) is 83.7 Å². The third-order valence-electron chi connectivity index (χ3n) is 5.15. The molecule has 0 unspecified atom stereocenters. The quantitative estimate of drug-likeness (QED) is 0.456. The number of sulfone groups is 1. The van der Waals surface area contributed by atoms with Crippen LogP contribution in [0.15, 0.2) is 43.5 Å². The van der Waals surface area contributed by atoms with E-state index in [0.717, 1.165) is 24.8 Å². The molecule has 164 valence electrons. The highest BCUT2D eigenvalue weighted by atomic mass is 32.2. The van der Waals surface area contributed by atoms with Crippen molar-refractivity contribution in [2.45, 2.75) is 43.0 Å². The number of carbonyl (C=O) groups is 1. The molecule has 1 aromatic carbocycles. The van der Waals surface area contributed by atoms with E-state index in [1.807, 2.05) is 18.7 Å². The van der Waals surface area contributed by atoms with Gasteiger partial charge >= 0.3 is 0 Å². The SMILES string of the molecule is CCCN1C(=O)C(=Cc2nc(S(=O)(=O)c3ccc(C)cc3)c(N3CCCC3)o2)SC1=S. The smallest absolute Gasteiger partial charge is 0.266 e. The van der Waals surface area contributed by atoms with Crippen molar-refractivity contribution < 1.29 is 17.6 Å². The highest BCUT2D eigenvalue weighted by Gasteiger charge is 2.34. The standard InChI is InChI=1S/C21H23N3O4S3/c1-3-10-24-19(25)16(30-21(24)29)13-17-22-18(20(28-17)23-11-4-5-12-23)31(26,27)15-8-6-14(2)7-9-15/h6-9,13H,3-5,10-12H2,1-2H3. The number of oxazole rings is 1. The lowest BCUT2D eigenvalue weighted by Gasteiger charge is -2.14. The summed E-state index contributed by atoms with van der Waals surface area (Å²) in [5.41, 5.74) is 0.966. The Labute approximate surface area is 191 Å². The van der Waals surface area contributed by atoms with Crippen LogP contribution >= 0.6 is 24.0 Å². The number of amides is 1. The van der Waals surface area contributed by atoms with Gasteiger partial charge in [-0.25, -0.2) is 8.42 Å². The maximum Gasteiger partial charge on any atom is 0.266 e. The van der Waals surface area contributed by atoms with Crippen LogP contribution in [-0.2, 0) is 14.6 Å².